The number of nitriles is 1. The number of halogens is 6. The third kappa shape index (κ3) is 4.95. The van der Waals surface area contributed by atoms with Crippen molar-refractivity contribution in [2.75, 3.05) is 0 Å². The summed E-state index contributed by atoms with van der Waals surface area (Å²) in [5.41, 5.74) is -1.27. The van der Waals surface area contributed by atoms with Gasteiger partial charge in [0, 0.05) is 0 Å². The molecule has 2 aromatic rings. The maximum absolute atomic E-state index is 13.5. The molecule has 0 heterocycles. The van der Waals surface area contributed by atoms with Crippen LogP contribution in [0.2, 0.25) is 15.1 Å². The van der Waals surface area contributed by atoms with Crippen LogP contribution in [0, 0.1) is 11.3 Å². The van der Waals surface area contributed by atoms with E-state index in [-0.39, 0.29) is 38.2 Å². The fraction of sp³-hybridized carbons (Fsp3) is 0.111. The molecule has 0 aromatic heterocycles. The number of carboxylic acids is 1. The summed E-state index contributed by atoms with van der Waals surface area (Å²) in [6.07, 6.45) is -3.98. The van der Waals surface area contributed by atoms with E-state index in [0.717, 1.165) is 18.2 Å². The highest BCUT2D eigenvalue weighted by molar-refractivity contribution is 6.48. The van der Waals surface area contributed by atoms with Gasteiger partial charge in [0.2, 0.25) is 0 Å². The number of alkyl halides is 3. The number of carbonyl (C=O) groups is 1. The monoisotopic (exact) mass is 433 g/mol. The topological polar surface area (TPSA) is 61.1 Å². The molecule has 9 heteroatoms. The Bertz CT molecular complexity index is 956. The van der Waals surface area contributed by atoms with Crippen molar-refractivity contribution in [1.82, 2.24) is 0 Å². The second-order valence-electron chi connectivity index (χ2n) is 5.37. The van der Waals surface area contributed by atoms with E-state index >= 15 is 0 Å². The van der Waals surface area contributed by atoms with E-state index in [1.54, 1.807) is 6.07 Å². The Kier molecular flexibility index (Phi) is 6.42. The Labute approximate surface area is 167 Å². The van der Waals surface area contributed by atoms with Gasteiger partial charge in [0.25, 0.3) is 0 Å². The van der Waals surface area contributed by atoms with Crippen molar-refractivity contribution in [3.63, 3.8) is 0 Å². The minimum absolute atomic E-state index is 0.0495. The smallest absolute Gasteiger partial charge is 0.416 e. The molecule has 0 saturated heterocycles. The summed E-state index contributed by atoms with van der Waals surface area (Å²) in [5, 5.41) is 17.7. The molecular formula is C18H9Cl3F3NO2. The molecule has 0 bridgehead atoms. The number of benzene rings is 2. The molecule has 0 aliphatic heterocycles. The molecule has 0 fully saturated rings. The summed E-state index contributed by atoms with van der Waals surface area (Å²) in [7, 11) is 0. The maximum Gasteiger partial charge on any atom is 0.416 e. The van der Waals surface area contributed by atoms with Gasteiger partial charge in [-0.3, -0.25) is 0 Å². The average Bonchev–Trinajstić information content (AvgIpc) is 2.58. The predicted molar refractivity (Wildman–Crippen MR) is 97.3 cm³/mol. The SMILES string of the molecule is N#Cc1cc(C/C=C(\c2cc(Cl)c(Cl)c(Cl)c2)C(F)(F)F)ccc1C(=O)O. The number of carboxylic acid groups (broad SMARTS) is 1. The van der Waals surface area contributed by atoms with Crippen LogP contribution in [0.4, 0.5) is 13.2 Å². The van der Waals surface area contributed by atoms with Crippen LogP contribution < -0.4 is 0 Å². The minimum atomic E-state index is -4.69. The van der Waals surface area contributed by atoms with Crippen LogP contribution in [0.25, 0.3) is 5.57 Å². The third-order valence-corrected chi connectivity index (χ3v) is 4.77. The summed E-state index contributed by atoms with van der Waals surface area (Å²) in [4.78, 5) is 11.0. The lowest BCUT2D eigenvalue weighted by Crippen LogP contribution is -2.11. The van der Waals surface area contributed by atoms with E-state index in [2.05, 4.69) is 0 Å². The first kappa shape index (κ1) is 21.1. The van der Waals surface area contributed by atoms with Crippen molar-refractivity contribution in [2.24, 2.45) is 0 Å². The van der Waals surface area contributed by atoms with Crippen LogP contribution in [-0.4, -0.2) is 17.3 Å². The second kappa shape index (κ2) is 8.22. The van der Waals surface area contributed by atoms with E-state index < -0.39 is 17.7 Å². The van der Waals surface area contributed by atoms with Crippen molar-refractivity contribution < 1.29 is 23.1 Å². The van der Waals surface area contributed by atoms with Gasteiger partial charge in [-0.25, -0.2) is 4.79 Å². The summed E-state index contributed by atoms with van der Waals surface area (Å²) in [5.74, 6) is -1.30. The predicted octanol–water partition coefficient (Wildman–Crippen LogP) is 6.41. The molecule has 0 unspecified atom stereocenters. The lowest BCUT2D eigenvalue weighted by molar-refractivity contribution is -0.0690. The van der Waals surface area contributed by atoms with E-state index in [9.17, 15) is 18.0 Å². The zero-order chi connectivity index (χ0) is 20.4. The van der Waals surface area contributed by atoms with Crippen molar-refractivity contribution in [2.45, 2.75) is 12.6 Å². The average molecular weight is 435 g/mol. The summed E-state index contributed by atoms with van der Waals surface area (Å²) in [6, 6.07) is 7.58. The molecule has 1 N–H and O–H groups in total. The second-order valence-corrected chi connectivity index (χ2v) is 6.56. The van der Waals surface area contributed by atoms with Crippen molar-refractivity contribution in [3.8, 4) is 6.07 Å². The zero-order valence-electron chi connectivity index (χ0n) is 13.2. The van der Waals surface area contributed by atoms with E-state index in [1.165, 1.54) is 18.2 Å². The molecular weight excluding hydrogens is 426 g/mol. The van der Waals surface area contributed by atoms with Gasteiger partial charge in [0.05, 0.1) is 31.8 Å². The highest BCUT2D eigenvalue weighted by Gasteiger charge is 2.35. The first-order valence-corrected chi connectivity index (χ1v) is 8.36. The Morgan fingerprint density at radius 1 is 1.15 bits per heavy atom. The Balaban J connectivity index is 2.47. The molecule has 2 aromatic carbocycles. The normalized spacial score (nSPS) is 12.0. The van der Waals surface area contributed by atoms with E-state index in [1.807, 2.05) is 0 Å². The van der Waals surface area contributed by atoms with Gasteiger partial charge in [-0.05, 0) is 41.8 Å². The molecule has 3 nitrogen and oxygen atoms in total. The molecule has 0 aliphatic carbocycles. The number of allylic oxidation sites excluding steroid dienone is 2. The first-order valence-electron chi connectivity index (χ1n) is 7.23. The van der Waals surface area contributed by atoms with Crippen molar-refractivity contribution in [1.29, 1.82) is 5.26 Å². The lowest BCUT2D eigenvalue weighted by atomic mass is 9.99. The van der Waals surface area contributed by atoms with Gasteiger partial charge < -0.3 is 5.11 Å². The molecule has 140 valence electrons. The van der Waals surface area contributed by atoms with Crippen molar-refractivity contribution in [3.05, 3.63) is 73.7 Å². The Hall–Kier alpha value is -2.20. The van der Waals surface area contributed by atoms with Crippen LogP contribution in [0.15, 0.2) is 36.4 Å². The maximum atomic E-state index is 13.5. The lowest BCUT2D eigenvalue weighted by Gasteiger charge is -2.14. The fourth-order valence-corrected chi connectivity index (χ4v) is 2.92. The van der Waals surface area contributed by atoms with E-state index in [4.69, 9.17) is 45.2 Å². The minimum Gasteiger partial charge on any atom is -0.478 e. The van der Waals surface area contributed by atoms with Crippen LogP contribution in [0.3, 0.4) is 0 Å². The van der Waals surface area contributed by atoms with E-state index in [0.29, 0.717) is 5.56 Å². The number of hydrogen-bond acceptors (Lipinski definition) is 2. The van der Waals surface area contributed by atoms with Crippen LogP contribution >= 0.6 is 34.8 Å². The Morgan fingerprint density at radius 3 is 2.22 bits per heavy atom. The molecule has 0 spiro atoms. The van der Waals surface area contributed by atoms with Gasteiger partial charge in [0.1, 0.15) is 6.07 Å². The molecule has 0 radical (unpaired) electrons. The molecule has 0 aliphatic rings. The van der Waals surface area contributed by atoms with Gasteiger partial charge in [-0.15, -0.1) is 0 Å². The standard InChI is InChI=1S/C18H9Cl3F3NO2/c19-14-6-10(7-15(20)16(14)21)13(18(22,23)24)4-2-9-1-3-12(17(26)27)11(5-9)8-25/h1,3-7H,2H2,(H,26,27)/b13-4+. The highest BCUT2D eigenvalue weighted by atomic mass is 35.5. The van der Waals surface area contributed by atoms with Gasteiger partial charge in [-0.2, -0.15) is 18.4 Å². The zero-order valence-corrected chi connectivity index (χ0v) is 15.5. The van der Waals surface area contributed by atoms with Crippen LogP contribution in [0.5, 0.6) is 0 Å². The fourth-order valence-electron chi connectivity index (χ4n) is 2.33. The molecule has 0 atom stereocenters. The number of hydrogen-bond donors (Lipinski definition) is 1. The van der Waals surface area contributed by atoms with Gasteiger partial charge >= 0.3 is 12.1 Å². The number of rotatable bonds is 4. The number of nitrogens with zero attached hydrogens (tertiary/aromatic N) is 1. The van der Waals surface area contributed by atoms with Gasteiger partial charge in [-0.1, -0.05) is 46.9 Å². The largest absolute Gasteiger partial charge is 0.478 e. The molecule has 0 amide bonds. The summed E-state index contributed by atoms with van der Waals surface area (Å²) in [6.45, 7) is 0. The number of aromatic carboxylic acids is 1. The quantitative estimate of drug-likeness (QED) is 0.566. The van der Waals surface area contributed by atoms with Crippen molar-refractivity contribution >= 4 is 46.3 Å². The van der Waals surface area contributed by atoms with Crippen LogP contribution in [0.1, 0.15) is 27.0 Å². The molecule has 2 rings (SSSR count). The van der Waals surface area contributed by atoms with Gasteiger partial charge in [0.15, 0.2) is 0 Å². The highest BCUT2D eigenvalue weighted by Crippen LogP contribution is 2.39. The van der Waals surface area contributed by atoms with Crippen LogP contribution in [-0.2, 0) is 6.42 Å². The third-order valence-electron chi connectivity index (χ3n) is 3.58. The summed E-state index contributed by atoms with van der Waals surface area (Å²) >= 11 is 17.4. The molecule has 27 heavy (non-hydrogen) atoms. The Morgan fingerprint density at radius 2 is 1.74 bits per heavy atom. The summed E-state index contributed by atoms with van der Waals surface area (Å²) < 4.78 is 40.4. The molecule has 0 saturated carbocycles. The first-order chi connectivity index (χ1) is 12.5.